The van der Waals surface area contributed by atoms with Gasteiger partial charge in [-0.2, -0.15) is 5.26 Å². The molecule has 0 saturated heterocycles. The summed E-state index contributed by atoms with van der Waals surface area (Å²) in [6.45, 7) is 6.84. The van der Waals surface area contributed by atoms with Gasteiger partial charge in [-0.25, -0.2) is 4.79 Å². The van der Waals surface area contributed by atoms with Crippen LogP contribution >= 0.6 is 11.3 Å². The lowest BCUT2D eigenvalue weighted by molar-refractivity contribution is -0.132. The minimum atomic E-state index is -0.403. The molecular formula is C26H26N4O2S. The Morgan fingerprint density at radius 1 is 1.03 bits per heavy atom. The van der Waals surface area contributed by atoms with Crippen LogP contribution in [0.5, 0.6) is 0 Å². The van der Waals surface area contributed by atoms with Gasteiger partial charge in [-0.1, -0.05) is 36.4 Å². The second kappa shape index (κ2) is 11.7. The summed E-state index contributed by atoms with van der Waals surface area (Å²) < 4.78 is 0. The zero-order valence-corrected chi connectivity index (χ0v) is 19.3. The van der Waals surface area contributed by atoms with Gasteiger partial charge in [-0.3, -0.25) is 4.79 Å². The zero-order valence-electron chi connectivity index (χ0n) is 18.5. The smallest absolute Gasteiger partial charge is 0.322 e. The van der Waals surface area contributed by atoms with E-state index in [1.54, 1.807) is 46.6 Å². The number of benzene rings is 2. The Morgan fingerprint density at radius 2 is 1.76 bits per heavy atom. The van der Waals surface area contributed by atoms with Crippen LogP contribution < -0.4 is 5.32 Å². The second-order valence-corrected chi connectivity index (χ2v) is 8.91. The average Bonchev–Trinajstić information content (AvgIpc) is 3.24. The van der Waals surface area contributed by atoms with Crippen LogP contribution in [0, 0.1) is 18.3 Å². The van der Waals surface area contributed by atoms with Crippen LogP contribution in [0.3, 0.4) is 0 Å². The summed E-state index contributed by atoms with van der Waals surface area (Å²) in [5.41, 5.74) is 2.08. The van der Waals surface area contributed by atoms with Crippen LogP contribution in [-0.2, 0) is 17.9 Å². The van der Waals surface area contributed by atoms with E-state index in [1.807, 2.05) is 55.5 Å². The Hall–Kier alpha value is -3.89. The lowest BCUT2D eigenvalue weighted by atomic mass is 10.2. The van der Waals surface area contributed by atoms with Crippen molar-refractivity contribution in [2.75, 3.05) is 18.4 Å². The number of amides is 3. The Morgan fingerprint density at radius 3 is 2.36 bits per heavy atom. The molecule has 0 bridgehead atoms. The number of hydrogen-bond donors (Lipinski definition) is 1. The lowest BCUT2D eigenvalue weighted by Gasteiger charge is -2.27. The van der Waals surface area contributed by atoms with Crippen LogP contribution in [0.2, 0.25) is 0 Å². The SMILES string of the molecule is C=CCN(CC(=O)N(Cc1ccccc1)Cc1ccc(C)s1)C(=O)Nc1ccc(C#N)cc1. The molecule has 2 aromatic carbocycles. The first-order valence-electron chi connectivity index (χ1n) is 10.5. The standard InChI is InChI=1S/C26H26N4O2S/c1-3-15-29(26(32)28-23-12-10-21(16-27)11-13-23)19-25(31)30(17-22-7-5-4-6-8-22)18-24-14-9-20(2)33-24/h3-14H,1,15,17-19H2,2H3,(H,28,32). The molecule has 7 heteroatoms. The predicted octanol–water partition coefficient (Wildman–Crippen LogP) is 5.18. The Balaban J connectivity index is 1.73. The zero-order chi connectivity index (χ0) is 23.6. The third kappa shape index (κ3) is 7.06. The highest BCUT2D eigenvalue weighted by atomic mass is 32.1. The fraction of sp³-hybridized carbons (Fsp3) is 0.192. The number of nitrogens with zero attached hydrogens (tertiary/aromatic N) is 3. The highest BCUT2D eigenvalue weighted by molar-refractivity contribution is 7.11. The number of nitrogens with one attached hydrogen (secondary N) is 1. The minimum absolute atomic E-state index is 0.0781. The molecule has 3 rings (SSSR count). The van der Waals surface area contributed by atoms with Gasteiger partial charge in [0.2, 0.25) is 5.91 Å². The first-order valence-corrected chi connectivity index (χ1v) is 11.3. The van der Waals surface area contributed by atoms with Crippen LogP contribution in [0.25, 0.3) is 0 Å². The minimum Gasteiger partial charge on any atom is -0.332 e. The summed E-state index contributed by atoms with van der Waals surface area (Å²) >= 11 is 1.66. The molecule has 3 amide bonds. The first kappa shape index (κ1) is 23.8. The molecule has 0 radical (unpaired) electrons. The molecule has 0 saturated carbocycles. The van der Waals surface area contributed by atoms with Crippen LogP contribution in [-0.4, -0.2) is 34.8 Å². The molecule has 0 aliphatic heterocycles. The first-order chi connectivity index (χ1) is 16.0. The number of carbonyl (C=O) groups is 2. The maximum Gasteiger partial charge on any atom is 0.322 e. The van der Waals surface area contributed by atoms with Gasteiger partial charge in [0.1, 0.15) is 6.54 Å². The topological polar surface area (TPSA) is 76.4 Å². The maximum atomic E-state index is 13.3. The Bertz CT molecular complexity index is 1130. The van der Waals surface area contributed by atoms with Crippen molar-refractivity contribution < 1.29 is 9.59 Å². The highest BCUT2D eigenvalue weighted by Crippen LogP contribution is 2.19. The number of thiophene rings is 1. The molecule has 3 aromatic rings. The number of urea groups is 1. The van der Waals surface area contributed by atoms with Crippen molar-refractivity contribution in [3.8, 4) is 6.07 Å². The largest absolute Gasteiger partial charge is 0.332 e. The van der Waals surface area contributed by atoms with Gasteiger partial charge in [0.15, 0.2) is 0 Å². The molecule has 6 nitrogen and oxygen atoms in total. The number of rotatable bonds is 9. The predicted molar refractivity (Wildman–Crippen MR) is 132 cm³/mol. The van der Waals surface area contributed by atoms with Crippen LogP contribution in [0.15, 0.2) is 79.4 Å². The number of carbonyl (C=O) groups excluding carboxylic acids is 2. The van der Waals surface area contributed by atoms with Crippen molar-refractivity contribution in [3.63, 3.8) is 0 Å². The van der Waals surface area contributed by atoms with E-state index in [9.17, 15) is 9.59 Å². The number of hydrogen-bond acceptors (Lipinski definition) is 4. The number of nitriles is 1. The van der Waals surface area contributed by atoms with Gasteiger partial charge in [0.05, 0.1) is 18.2 Å². The third-order valence-corrected chi connectivity index (χ3v) is 5.93. The molecule has 1 aromatic heterocycles. The number of aryl methyl sites for hydroxylation is 1. The van der Waals surface area contributed by atoms with Gasteiger partial charge in [-0.05, 0) is 48.9 Å². The van der Waals surface area contributed by atoms with Crippen molar-refractivity contribution in [1.82, 2.24) is 9.80 Å². The molecule has 33 heavy (non-hydrogen) atoms. The van der Waals surface area contributed by atoms with Crippen molar-refractivity contribution in [1.29, 1.82) is 5.26 Å². The molecule has 0 unspecified atom stereocenters. The van der Waals surface area contributed by atoms with E-state index in [2.05, 4.69) is 11.9 Å². The summed E-state index contributed by atoms with van der Waals surface area (Å²) in [7, 11) is 0. The summed E-state index contributed by atoms with van der Waals surface area (Å²) in [6.07, 6.45) is 1.59. The summed E-state index contributed by atoms with van der Waals surface area (Å²) in [6, 6.07) is 22.1. The van der Waals surface area contributed by atoms with Crippen molar-refractivity contribution >= 4 is 29.0 Å². The summed E-state index contributed by atoms with van der Waals surface area (Å²) in [5.74, 6) is -0.151. The van der Waals surface area contributed by atoms with E-state index in [0.29, 0.717) is 24.3 Å². The normalized spacial score (nSPS) is 10.2. The van der Waals surface area contributed by atoms with Gasteiger partial charge in [0, 0.05) is 28.5 Å². The molecule has 0 fully saturated rings. The Labute approximate surface area is 198 Å². The van der Waals surface area contributed by atoms with E-state index in [4.69, 9.17) is 5.26 Å². The lowest BCUT2D eigenvalue weighted by Crippen LogP contribution is -2.44. The molecule has 0 atom stereocenters. The Kier molecular flexibility index (Phi) is 8.39. The van der Waals surface area contributed by atoms with Crippen LogP contribution in [0.1, 0.15) is 20.9 Å². The van der Waals surface area contributed by atoms with E-state index in [1.165, 1.54) is 9.78 Å². The fourth-order valence-corrected chi connectivity index (χ4v) is 4.17. The molecular weight excluding hydrogens is 432 g/mol. The van der Waals surface area contributed by atoms with E-state index < -0.39 is 6.03 Å². The second-order valence-electron chi connectivity index (χ2n) is 7.54. The molecule has 1 N–H and O–H groups in total. The highest BCUT2D eigenvalue weighted by Gasteiger charge is 2.22. The molecule has 0 aliphatic carbocycles. The van der Waals surface area contributed by atoms with Crippen LogP contribution in [0.4, 0.5) is 10.5 Å². The third-order valence-electron chi connectivity index (χ3n) is 4.94. The summed E-state index contributed by atoms with van der Waals surface area (Å²) in [4.78, 5) is 31.7. The quantitative estimate of drug-likeness (QED) is 0.449. The maximum absolute atomic E-state index is 13.3. The van der Waals surface area contributed by atoms with E-state index in [0.717, 1.165) is 10.4 Å². The van der Waals surface area contributed by atoms with Crippen molar-refractivity contribution in [2.24, 2.45) is 0 Å². The molecule has 1 heterocycles. The van der Waals surface area contributed by atoms with Gasteiger partial charge >= 0.3 is 6.03 Å². The van der Waals surface area contributed by atoms with Gasteiger partial charge in [-0.15, -0.1) is 17.9 Å². The van der Waals surface area contributed by atoms with Gasteiger partial charge in [0.25, 0.3) is 0 Å². The van der Waals surface area contributed by atoms with E-state index in [-0.39, 0.29) is 19.0 Å². The van der Waals surface area contributed by atoms with Crippen molar-refractivity contribution in [2.45, 2.75) is 20.0 Å². The van der Waals surface area contributed by atoms with E-state index >= 15 is 0 Å². The summed E-state index contributed by atoms with van der Waals surface area (Å²) in [5, 5.41) is 11.7. The monoisotopic (exact) mass is 458 g/mol. The fourth-order valence-electron chi connectivity index (χ4n) is 3.26. The molecule has 168 valence electrons. The molecule has 0 aliphatic rings. The van der Waals surface area contributed by atoms with Crippen molar-refractivity contribution in [3.05, 3.63) is 100 Å². The molecule has 0 spiro atoms. The average molecular weight is 459 g/mol. The van der Waals surface area contributed by atoms with Gasteiger partial charge < -0.3 is 15.1 Å². The number of anilines is 1.